The number of ether oxygens (including phenoxy) is 10. The van der Waals surface area contributed by atoms with Gasteiger partial charge in [-0.25, -0.2) is 0 Å². The molecule has 0 aromatic heterocycles. The van der Waals surface area contributed by atoms with Crippen LogP contribution in [0.3, 0.4) is 0 Å². The van der Waals surface area contributed by atoms with Crippen LogP contribution in [0.15, 0.2) is 35.2 Å². The van der Waals surface area contributed by atoms with Crippen molar-refractivity contribution in [2.24, 2.45) is 0 Å². The third kappa shape index (κ3) is 12.0. The molecular weight excluding hydrogens is 688 g/mol. The van der Waals surface area contributed by atoms with E-state index >= 15 is 0 Å². The van der Waals surface area contributed by atoms with Crippen LogP contribution in [0.2, 0.25) is 0 Å². The minimum Gasteiger partial charge on any atom is -0.463 e. The van der Waals surface area contributed by atoms with Gasteiger partial charge in [-0.15, -0.1) is 0 Å². The van der Waals surface area contributed by atoms with Crippen LogP contribution in [0.4, 0.5) is 0 Å². The highest BCUT2D eigenvalue weighted by Crippen LogP contribution is 2.40. The van der Waals surface area contributed by atoms with Crippen LogP contribution in [0.25, 0.3) is 0 Å². The predicted molar refractivity (Wildman–Crippen MR) is 166 cm³/mol. The molecule has 50 heavy (non-hydrogen) atoms. The van der Waals surface area contributed by atoms with Crippen LogP contribution < -0.4 is 0 Å². The summed E-state index contributed by atoms with van der Waals surface area (Å²) < 4.78 is 56.9. The zero-order chi connectivity index (χ0) is 37.1. The number of carbonyl (C=O) groups is 7. The Morgan fingerprint density at radius 1 is 0.520 bits per heavy atom. The van der Waals surface area contributed by atoms with Crippen molar-refractivity contribution in [2.45, 2.75) is 114 Å². The van der Waals surface area contributed by atoms with Crippen molar-refractivity contribution < 1.29 is 80.9 Å². The largest absolute Gasteiger partial charge is 0.463 e. The first kappa shape index (κ1) is 40.2. The monoisotopic (exact) mass is 728 g/mol. The minimum atomic E-state index is -1.76. The molecule has 0 amide bonds. The second kappa shape index (κ2) is 18.7. The van der Waals surface area contributed by atoms with Crippen LogP contribution in [-0.2, 0) is 80.9 Å². The zero-order valence-electron chi connectivity index (χ0n) is 28.4. The lowest BCUT2D eigenvalue weighted by molar-refractivity contribution is -0.340. The van der Waals surface area contributed by atoms with Crippen molar-refractivity contribution in [1.82, 2.24) is 0 Å². The fourth-order valence-electron chi connectivity index (χ4n) is 5.20. The number of benzene rings is 1. The summed E-state index contributed by atoms with van der Waals surface area (Å²) in [6.45, 7) is 6.69. The van der Waals surface area contributed by atoms with Crippen molar-refractivity contribution in [2.75, 3.05) is 13.2 Å². The number of hydrogen-bond donors (Lipinski definition) is 0. The van der Waals surface area contributed by atoms with E-state index in [1.54, 1.807) is 30.3 Å². The molecule has 2 aliphatic rings. The lowest BCUT2D eigenvalue weighted by Gasteiger charge is -2.48. The quantitative estimate of drug-likeness (QED) is 0.207. The topological polar surface area (TPSA) is 212 Å². The SMILES string of the molecule is CC(=O)OC[C@H]1O[C@H](O[C@@H]2[C@H](OC(C)=O)[C@@H](Sc3ccccc3)O[C@H](COC(C)=O)[C@H]2OC(C)=O)[C@@H](OC(C)=O)[C@@H](OC(C)=O)[C@@H]1OC(C)=O. The van der Waals surface area contributed by atoms with E-state index in [-0.39, 0.29) is 0 Å². The van der Waals surface area contributed by atoms with Crippen molar-refractivity contribution in [3.05, 3.63) is 30.3 Å². The molecule has 0 saturated carbocycles. The zero-order valence-corrected chi connectivity index (χ0v) is 29.2. The third-order valence-corrected chi connectivity index (χ3v) is 8.04. The van der Waals surface area contributed by atoms with Crippen LogP contribution in [0.5, 0.6) is 0 Å². The molecule has 10 atom stereocenters. The Kier molecular flexibility index (Phi) is 15.0. The third-order valence-electron chi connectivity index (χ3n) is 6.88. The summed E-state index contributed by atoms with van der Waals surface area (Å²) in [5, 5.41) is 0. The molecule has 18 heteroatoms. The van der Waals surface area contributed by atoms with Gasteiger partial charge in [0.1, 0.15) is 37.0 Å². The lowest BCUT2D eigenvalue weighted by atomic mass is 9.96. The maximum atomic E-state index is 12.5. The molecule has 2 aliphatic heterocycles. The molecular formula is C32H40O17S. The molecule has 0 aliphatic carbocycles. The van der Waals surface area contributed by atoms with Crippen molar-refractivity contribution in [3.8, 4) is 0 Å². The van der Waals surface area contributed by atoms with Crippen molar-refractivity contribution >= 4 is 53.5 Å². The highest BCUT2D eigenvalue weighted by atomic mass is 32.2. The highest BCUT2D eigenvalue weighted by molar-refractivity contribution is 7.99. The van der Waals surface area contributed by atoms with E-state index in [1.165, 1.54) is 0 Å². The van der Waals surface area contributed by atoms with Crippen molar-refractivity contribution in [1.29, 1.82) is 0 Å². The van der Waals surface area contributed by atoms with Gasteiger partial charge in [0.2, 0.25) is 0 Å². The Hall–Kier alpha value is -4.26. The van der Waals surface area contributed by atoms with E-state index in [0.29, 0.717) is 4.90 Å². The highest BCUT2D eigenvalue weighted by Gasteiger charge is 2.57. The fourth-order valence-corrected chi connectivity index (χ4v) is 6.32. The number of hydrogen-bond acceptors (Lipinski definition) is 18. The number of thioether (sulfide) groups is 1. The molecule has 0 spiro atoms. The Morgan fingerprint density at radius 3 is 1.42 bits per heavy atom. The van der Waals surface area contributed by atoms with E-state index in [1.807, 2.05) is 0 Å². The van der Waals surface area contributed by atoms with Crippen molar-refractivity contribution in [3.63, 3.8) is 0 Å². The molecule has 2 saturated heterocycles. The molecule has 3 rings (SSSR count). The van der Waals surface area contributed by atoms with Gasteiger partial charge in [0.05, 0.1) is 0 Å². The van der Waals surface area contributed by atoms with E-state index in [9.17, 15) is 33.6 Å². The Bertz CT molecular complexity index is 1390. The molecule has 0 bridgehead atoms. The summed E-state index contributed by atoms with van der Waals surface area (Å²) in [7, 11) is 0. The molecule has 2 heterocycles. The maximum absolute atomic E-state index is 12.5. The summed E-state index contributed by atoms with van der Waals surface area (Å²) in [5.74, 6) is -5.63. The first-order valence-corrected chi connectivity index (χ1v) is 16.2. The number of esters is 7. The Morgan fingerprint density at radius 2 is 0.940 bits per heavy atom. The van der Waals surface area contributed by atoms with E-state index in [2.05, 4.69) is 0 Å². The summed E-state index contributed by atoms with van der Waals surface area (Å²) in [6, 6.07) is 8.82. The summed E-state index contributed by atoms with van der Waals surface area (Å²) in [6.07, 6.45) is -13.5. The molecule has 1 aromatic rings. The maximum Gasteiger partial charge on any atom is 0.303 e. The van der Waals surface area contributed by atoms with Crippen LogP contribution in [0, 0.1) is 0 Å². The van der Waals surface area contributed by atoms with Gasteiger partial charge in [0.15, 0.2) is 36.8 Å². The van der Waals surface area contributed by atoms with Gasteiger partial charge in [0, 0.05) is 53.4 Å². The van der Waals surface area contributed by atoms with E-state index in [4.69, 9.17) is 47.4 Å². The summed E-state index contributed by atoms with van der Waals surface area (Å²) in [4.78, 5) is 86.2. The molecule has 2 fully saturated rings. The molecule has 0 radical (unpaired) electrons. The lowest BCUT2D eigenvalue weighted by Crippen LogP contribution is -2.67. The first-order valence-electron chi connectivity index (χ1n) is 15.4. The van der Waals surface area contributed by atoms with Crippen LogP contribution in [0.1, 0.15) is 48.5 Å². The molecule has 276 valence electrons. The average molecular weight is 729 g/mol. The van der Waals surface area contributed by atoms with E-state index in [0.717, 1.165) is 60.2 Å². The summed E-state index contributed by atoms with van der Waals surface area (Å²) in [5.41, 5.74) is -1.09. The number of rotatable bonds is 13. The normalized spacial score (nSPS) is 29.0. The van der Waals surface area contributed by atoms with Gasteiger partial charge in [0.25, 0.3) is 0 Å². The Labute approximate surface area is 291 Å². The first-order chi connectivity index (χ1) is 23.5. The Balaban J connectivity index is 2.19. The van der Waals surface area contributed by atoms with Crippen LogP contribution >= 0.6 is 11.8 Å². The molecule has 17 nitrogen and oxygen atoms in total. The van der Waals surface area contributed by atoms with Gasteiger partial charge in [-0.1, -0.05) is 30.0 Å². The number of carbonyl (C=O) groups excluding carboxylic acids is 7. The van der Waals surface area contributed by atoms with Crippen LogP contribution in [-0.4, -0.2) is 116 Å². The standard InChI is InChI=1S/C32H40O17S/c1-15(33)40-13-23-25(42-17(3)35)27(44-19(5)37)29(45-20(6)38)31(47-23)49-28-26(43-18(4)36)24(14-41-16(2)34)48-32(30(28)46-21(7)39)50-22-11-9-8-10-12-22/h8-12,23-32H,13-14H2,1-7H3/t23-,24-,25-,26-,27+,28+,29+,30+,31-,32-/m1/s1. The van der Waals surface area contributed by atoms with E-state index < -0.39 is 116 Å². The second-order valence-electron chi connectivity index (χ2n) is 11.1. The predicted octanol–water partition coefficient (Wildman–Crippen LogP) is 1.40. The van der Waals surface area contributed by atoms with Gasteiger partial charge in [-0.2, -0.15) is 0 Å². The van der Waals surface area contributed by atoms with Gasteiger partial charge in [-0.05, 0) is 12.1 Å². The average Bonchev–Trinajstić information content (AvgIpc) is 3.00. The van der Waals surface area contributed by atoms with Gasteiger partial charge >= 0.3 is 41.8 Å². The summed E-state index contributed by atoms with van der Waals surface area (Å²) >= 11 is 1.11. The minimum absolute atomic E-state index is 0.440. The smallest absolute Gasteiger partial charge is 0.303 e. The fraction of sp³-hybridized carbons (Fsp3) is 0.594. The molecule has 0 N–H and O–H groups in total. The molecule has 1 aromatic carbocycles. The van der Waals surface area contributed by atoms with Gasteiger partial charge < -0.3 is 47.4 Å². The second-order valence-corrected chi connectivity index (χ2v) is 12.3. The molecule has 0 unspecified atom stereocenters. The van der Waals surface area contributed by atoms with Gasteiger partial charge in [-0.3, -0.25) is 33.6 Å².